The number of hydrogen-bond donors (Lipinski definition) is 1. The highest BCUT2D eigenvalue weighted by Gasteiger charge is 2.15. The molecule has 1 aliphatic rings. The quantitative estimate of drug-likeness (QED) is 0.493. The van der Waals surface area contributed by atoms with E-state index in [0.717, 1.165) is 49.9 Å². The van der Waals surface area contributed by atoms with Crippen LogP contribution in [0.3, 0.4) is 0 Å². The monoisotopic (exact) mass is 411 g/mol. The normalized spacial score (nSPS) is 12.8. The molecule has 3 aromatic rings. The van der Waals surface area contributed by atoms with Crippen molar-refractivity contribution in [3.63, 3.8) is 0 Å². The first-order valence-electron chi connectivity index (χ1n) is 8.37. The number of hydrogen-bond acceptors (Lipinski definition) is 4. The highest BCUT2D eigenvalue weighted by molar-refractivity contribution is 7.99. The molecule has 26 heavy (non-hydrogen) atoms. The summed E-state index contributed by atoms with van der Waals surface area (Å²) in [5.41, 5.74) is 2.22. The molecule has 0 spiro atoms. The number of halogens is 2. The molecule has 1 N–H and O–H groups in total. The fraction of sp³-hybridized carbons (Fsp3) is 0.333. The Hall–Kier alpha value is -1.47. The van der Waals surface area contributed by atoms with Crippen LogP contribution in [0.4, 0.5) is 0 Å². The van der Waals surface area contributed by atoms with Crippen molar-refractivity contribution in [2.75, 3.05) is 12.3 Å². The highest BCUT2D eigenvalue weighted by atomic mass is 35.5. The number of aromatic nitrogens is 4. The van der Waals surface area contributed by atoms with Crippen LogP contribution < -0.4 is 5.32 Å². The lowest BCUT2D eigenvalue weighted by atomic mass is 10.3. The van der Waals surface area contributed by atoms with Gasteiger partial charge in [0.05, 0.1) is 12.2 Å². The molecule has 2 aromatic heterocycles. The lowest BCUT2D eigenvalue weighted by molar-refractivity contribution is 0.476. The predicted molar refractivity (Wildman–Crippen MR) is 111 cm³/mol. The summed E-state index contributed by atoms with van der Waals surface area (Å²) in [5, 5.41) is 8.10. The van der Waals surface area contributed by atoms with Gasteiger partial charge in [-0.2, -0.15) is 5.10 Å². The third-order valence-corrected chi connectivity index (χ3v) is 5.27. The van der Waals surface area contributed by atoms with E-state index in [4.69, 9.17) is 5.10 Å². The molecule has 8 heteroatoms. The van der Waals surface area contributed by atoms with Crippen LogP contribution in [0, 0.1) is 0 Å². The maximum atomic E-state index is 4.72. The molecule has 0 fully saturated rings. The van der Waals surface area contributed by atoms with Crippen LogP contribution in [0.2, 0.25) is 0 Å². The molecule has 0 amide bonds. The molecule has 140 valence electrons. The Balaban J connectivity index is 0.00000121. The summed E-state index contributed by atoms with van der Waals surface area (Å²) < 4.78 is 4.31. The van der Waals surface area contributed by atoms with Gasteiger partial charge in [0.1, 0.15) is 5.69 Å². The van der Waals surface area contributed by atoms with Crippen LogP contribution in [-0.4, -0.2) is 31.6 Å². The number of nitrogens with zero attached hydrogens (tertiary/aromatic N) is 4. The summed E-state index contributed by atoms with van der Waals surface area (Å²) >= 11 is 1.90. The first-order valence-corrected chi connectivity index (χ1v) is 9.35. The largest absolute Gasteiger partial charge is 0.330 e. The van der Waals surface area contributed by atoms with E-state index in [2.05, 4.69) is 62.1 Å². The molecular weight excluding hydrogens is 389 g/mol. The third kappa shape index (κ3) is 4.82. The minimum absolute atomic E-state index is 0. The molecule has 0 saturated carbocycles. The van der Waals surface area contributed by atoms with Crippen LogP contribution in [0.5, 0.6) is 0 Å². The minimum Gasteiger partial charge on any atom is -0.330 e. The van der Waals surface area contributed by atoms with Crippen LogP contribution >= 0.6 is 36.6 Å². The van der Waals surface area contributed by atoms with E-state index in [9.17, 15) is 0 Å². The average molecular weight is 412 g/mol. The number of nitrogens with one attached hydrogen (secondary N) is 1. The smallest absolute Gasteiger partial charge is 0.160 e. The van der Waals surface area contributed by atoms with Gasteiger partial charge in [0.2, 0.25) is 0 Å². The van der Waals surface area contributed by atoms with Crippen molar-refractivity contribution in [2.24, 2.45) is 0 Å². The molecular formula is C18H23Cl2N5S. The third-order valence-electron chi connectivity index (χ3n) is 4.17. The average Bonchev–Trinajstić information content (AvgIpc) is 3.25. The number of rotatable bonds is 6. The maximum Gasteiger partial charge on any atom is 0.160 e. The standard InChI is InChI=1S/C18H21N5S.2ClH/c1-2-5-16(6-3-1)24-12-4-9-22-10-8-20-18(22)17-13-15-14-19-7-11-23(15)21-17;;/h1-3,5-6,8,10,13,19H,4,7,9,11-12,14H2;2*1H. The Morgan fingerprint density at radius 3 is 2.81 bits per heavy atom. The van der Waals surface area contributed by atoms with E-state index < -0.39 is 0 Å². The molecule has 1 aromatic carbocycles. The number of fused-ring (bicyclic) bond motifs is 1. The number of imidazole rings is 1. The molecule has 3 heterocycles. The molecule has 4 rings (SSSR count). The van der Waals surface area contributed by atoms with Gasteiger partial charge in [-0.3, -0.25) is 4.68 Å². The van der Waals surface area contributed by atoms with E-state index in [1.165, 1.54) is 10.6 Å². The summed E-state index contributed by atoms with van der Waals surface area (Å²) in [6.45, 7) is 3.78. The van der Waals surface area contributed by atoms with Crippen molar-refractivity contribution >= 4 is 36.6 Å². The van der Waals surface area contributed by atoms with Crippen molar-refractivity contribution in [2.45, 2.75) is 31.0 Å². The number of benzene rings is 1. The zero-order valence-corrected chi connectivity index (χ0v) is 16.8. The second-order valence-electron chi connectivity index (χ2n) is 5.88. The molecule has 0 bridgehead atoms. The molecule has 1 aliphatic heterocycles. The second-order valence-corrected chi connectivity index (χ2v) is 7.05. The van der Waals surface area contributed by atoms with Crippen molar-refractivity contribution in [1.29, 1.82) is 0 Å². The van der Waals surface area contributed by atoms with Crippen molar-refractivity contribution < 1.29 is 0 Å². The molecule has 0 atom stereocenters. The molecule has 0 aliphatic carbocycles. The number of thioether (sulfide) groups is 1. The second kappa shape index (κ2) is 10.0. The summed E-state index contributed by atoms with van der Waals surface area (Å²) in [6, 6.07) is 12.7. The van der Waals surface area contributed by atoms with Gasteiger partial charge in [0.25, 0.3) is 0 Å². The van der Waals surface area contributed by atoms with Crippen molar-refractivity contribution in [3.05, 3.63) is 54.5 Å². The van der Waals surface area contributed by atoms with Gasteiger partial charge in [-0.25, -0.2) is 4.98 Å². The lowest BCUT2D eigenvalue weighted by Gasteiger charge is -2.13. The predicted octanol–water partition coefficient (Wildman–Crippen LogP) is 3.88. The number of aryl methyl sites for hydroxylation is 1. The zero-order valence-electron chi connectivity index (χ0n) is 14.4. The van der Waals surface area contributed by atoms with E-state index >= 15 is 0 Å². The first kappa shape index (κ1) is 20.8. The van der Waals surface area contributed by atoms with Gasteiger partial charge in [0, 0.05) is 36.9 Å². The van der Waals surface area contributed by atoms with Gasteiger partial charge in [-0.1, -0.05) is 18.2 Å². The van der Waals surface area contributed by atoms with Gasteiger partial charge >= 0.3 is 0 Å². The van der Waals surface area contributed by atoms with E-state index in [-0.39, 0.29) is 24.8 Å². The molecule has 0 saturated heterocycles. The van der Waals surface area contributed by atoms with Gasteiger partial charge in [-0.15, -0.1) is 36.6 Å². The van der Waals surface area contributed by atoms with Crippen LogP contribution in [-0.2, 0) is 19.6 Å². The summed E-state index contributed by atoms with van der Waals surface area (Å²) in [6.07, 6.45) is 5.04. The Kier molecular flexibility index (Phi) is 8.03. The Labute approximate surface area is 170 Å². The fourth-order valence-electron chi connectivity index (χ4n) is 2.97. The molecule has 0 radical (unpaired) electrons. The van der Waals surface area contributed by atoms with Gasteiger partial charge < -0.3 is 9.88 Å². The van der Waals surface area contributed by atoms with E-state index in [1.807, 2.05) is 18.0 Å². The SMILES string of the molecule is Cl.Cl.c1ccc(SCCCn2ccnc2-c2cc3n(n2)CCNC3)cc1. The molecule has 0 unspecified atom stereocenters. The maximum absolute atomic E-state index is 4.72. The van der Waals surface area contributed by atoms with Crippen LogP contribution in [0.25, 0.3) is 11.5 Å². The van der Waals surface area contributed by atoms with Crippen molar-refractivity contribution in [3.8, 4) is 11.5 Å². The Bertz CT molecular complexity index is 780. The minimum atomic E-state index is 0. The zero-order chi connectivity index (χ0) is 16.2. The van der Waals surface area contributed by atoms with E-state index in [1.54, 1.807) is 0 Å². The Morgan fingerprint density at radius 2 is 2.00 bits per heavy atom. The lowest BCUT2D eigenvalue weighted by Crippen LogP contribution is -2.28. The van der Waals surface area contributed by atoms with Gasteiger partial charge in [-0.05, 0) is 30.4 Å². The Morgan fingerprint density at radius 1 is 1.15 bits per heavy atom. The van der Waals surface area contributed by atoms with Crippen molar-refractivity contribution in [1.82, 2.24) is 24.6 Å². The van der Waals surface area contributed by atoms with Crippen LogP contribution in [0.1, 0.15) is 12.1 Å². The van der Waals surface area contributed by atoms with Gasteiger partial charge in [0.15, 0.2) is 5.82 Å². The summed E-state index contributed by atoms with van der Waals surface area (Å²) in [5.74, 6) is 2.08. The van der Waals surface area contributed by atoms with Crippen LogP contribution in [0.15, 0.2) is 53.7 Å². The summed E-state index contributed by atoms with van der Waals surface area (Å²) in [7, 11) is 0. The van der Waals surface area contributed by atoms with E-state index in [0.29, 0.717) is 0 Å². The summed E-state index contributed by atoms with van der Waals surface area (Å²) in [4.78, 5) is 5.86. The highest BCUT2D eigenvalue weighted by Crippen LogP contribution is 2.21. The fourth-order valence-corrected chi connectivity index (χ4v) is 3.83. The first-order chi connectivity index (χ1) is 11.9. The molecule has 5 nitrogen and oxygen atoms in total. The topological polar surface area (TPSA) is 47.7 Å².